The third-order valence-corrected chi connectivity index (χ3v) is 2.73. The molecule has 2 nitrogen and oxygen atoms in total. The molecule has 0 amide bonds. The van der Waals surface area contributed by atoms with Crippen LogP contribution < -0.4 is 0 Å². The molecule has 1 atom stereocenters. The van der Waals surface area contributed by atoms with Gasteiger partial charge in [-0.15, -0.1) is 0 Å². The first kappa shape index (κ1) is 13.6. The number of hydrogen-bond acceptors (Lipinski definition) is 2. The quantitative estimate of drug-likeness (QED) is 0.672. The number of benzene rings is 1. The Bertz CT molecular complexity index is 368. The normalized spacial score (nSPS) is 12.1. The van der Waals surface area contributed by atoms with Crippen LogP contribution in [0.15, 0.2) is 30.3 Å². The topological polar surface area (TPSA) is 34.1 Å². The fraction of sp³-hybridized carbons (Fsp3) is 0.467. The first-order chi connectivity index (χ1) is 8.13. The fourth-order valence-electron chi connectivity index (χ4n) is 1.90. The van der Waals surface area contributed by atoms with E-state index < -0.39 is 0 Å². The number of Topliss-reactive ketones (excluding diaryl/α,β-unsaturated/α-hetero) is 2. The van der Waals surface area contributed by atoms with Gasteiger partial charge in [-0.05, 0) is 12.3 Å². The summed E-state index contributed by atoms with van der Waals surface area (Å²) < 4.78 is 0. The molecule has 0 aliphatic carbocycles. The minimum absolute atomic E-state index is 0.127. The molecule has 17 heavy (non-hydrogen) atoms. The second-order valence-corrected chi connectivity index (χ2v) is 4.59. The third kappa shape index (κ3) is 4.94. The van der Waals surface area contributed by atoms with Crippen molar-refractivity contribution in [3.63, 3.8) is 0 Å². The predicted molar refractivity (Wildman–Crippen MR) is 69.1 cm³/mol. The Morgan fingerprint density at radius 3 is 2.35 bits per heavy atom. The second kappa shape index (κ2) is 7.00. The maximum absolute atomic E-state index is 11.9. The molecule has 92 valence electrons. The van der Waals surface area contributed by atoms with Crippen molar-refractivity contribution in [2.24, 2.45) is 5.92 Å². The maximum atomic E-state index is 11.9. The van der Waals surface area contributed by atoms with Gasteiger partial charge in [0.2, 0.25) is 0 Å². The van der Waals surface area contributed by atoms with E-state index in [-0.39, 0.29) is 17.5 Å². The molecule has 2 heteroatoms. The molecule has 1 aromatic carbocycles. The molecule has 0 radical (unpaired) electrons. The van der Waals surface area contributed by atoms with E-state index in [0.717, 1.165) is 12.0 Å². The van der Waals surface area contributed by atoms with Crippen molar-refractivity contribution in [3.8, 4) is 0 Å². The van der Waals surface area contributed by atoms with Crippen LogP contribution in [0, 0.1) is 5.92 Å². The summed E-state index contributed by atoms with van der Waals surface area (Å²) in [5.41, 5.74) is 0.738. The molecule has 0 bridgehead atoms. The van der Waals surface area contributed by atoms with Gasteiger partial charge in [0.05, 0.1) is 0 Å². The minimum Gasteiger partial charge on any atom is -0.300 e. The monoisotopic (exact) mass is 232 g/mol. The van der Waals surface area contributed by atoms with Gasteiger partial charge in [0.25, 0.3) is 0 Å². The first-order valence-corrected chi connectivity index (χ1v) is 6.23. The summed E-state index contributed by atoms with van der Waals surface area (Å²) in [7, 11) is 0. The van der Waals surface area contributed by atoms with Gasteiger partial charge in [-0.2, -0.15) is 0 Å². The third-order valence-electron chi connectivity index (χ3n) is 2.73. The van der Waals surface area contributed by atoms with Crippen molar-refractivity contribution in [2.75, 3.05) is 0 Å². The smallest absolute Gasteiger partial charge is 0.163 e. The van der Waals surface area contributed by atoms with Gasteiger partial charge in [-0.1, -0.05) is 44.2 Å². The zero-order valence-electron chi connectivity index (χ0n) is 10.6. The molecule has 0 N–H and O–H groups in total. The Kier molecular flexibility index (Phi) is 5.61. The van der Waals surface area contributed by atoms with Crippen molar-refractivity contribution >= 4 is 11.6 Å². The summed E-state index contributed by atoms with van der Waals surface area (Å²) >= 11 is 0. The van der Waals surface area contributed by atoms with E-state index in [9.17, 15) is 9.59 Å². The molecule has 1 unspecified atom stereocenters. The van der Waals surface area contributed by atoms with Crippen LogP contribution in [0.4, 0.5) is 0 Å². The fourth-order valence-corrected chi connectivity index (χ4v) is 1.90. The number of carbonyl (C=O) groups excluding carboxylic acids is 2. The van der Waals surface area contributed by atoms with Crippen molar-refractivity contribution < 1.29 is 9.59 Å². The molecule has 0 saturated heterocycles. The molecular weight excluding hydrogens is 212 g/mol. The first-order valence-electron chi connectivity index (χ1n) is 6.23. The van der Waals surface area contributed by atoms with Gasteiger partial charge in [0, 0.05) is 24.8 Å². The van der Waals surface area contributed by atoms with E-state index >= 15 is 0 Å². The standard InChI is InChI=1S/C15H20O2/c1-3-7-14(16)10-12(2)11-15(17)13-8-5-4-6-9-13/h4-6,8-9,12H,3,7,10-11H2,1-2H3. The van der Waals surface area contributed by atoms with E-state index in [1.54, 1.807) is 0 Å². The van der Waals surface area contributed by atoms with Gasteiger partial charge in [0.15, 0.2) is 5.78 Å². The zero-order valence-corrected chi connectivity index (χ0v) is 10.6. The Balaban J connectivity index is 2.44. The van der Waals surface area contributed by atoms with Crippen LogP contribution in [-0.4, -0.2) is 11.6 Å². The van der Waals surface area contributed by atoms with Crippen molar-refractivity contribution in [1.82, 2.24) is 0 Å². The summed E-state index contributed by atoms with van der Waals surface area (Å²) in [6.45, 7) is 3.96. The van der Waals surface area contributed by atoms with E-state index in [4.69, 9.17) is 0 Å². The SMILES string of the molecule is CCCC(=O)CC(C)CC(=O)c1ccccc1. The highest BCUT2D eigenvalue weighted by Gasteiger charge is 2.13. The summed E-state index contributed by atoms with van der Waals surface area (Å²) in [4.78, 5) is 23.3. The Morgan fingerprint density at radius 1 is 1.12 bits per heavy atom. The number of hydrogen-bond donors (Lipinski definition) is 0. The molecule has 0 aromatic heterocycles. The maximum Gasteiger partial charge on any atom is 0.163 e. The number of carbonyl (C=O) groups is 2. The zero-order chi connectivity index (χ0) is 12.7. The molecule has 0 aliphatic heterocycles. The van der Waals surface area contributed by atoms with Crippen LogP contribution in [0.5, 0.6) is 0 Å². The lowest BCUT2D eigenvalue weighted by molar-refractivity contribution is -0.119. The van der Waals surface area contributed by atoms with Crippen molar-refractivity contribution in [1.29, 1.82) is 0 Å². The van der Waals surface area contributed by atoms with Crippen molar-refractivity contribution in [2.45, 2.75) is 39.5 Å². The second-order valence-electron chi connectivity index (χ2n) is 4.59. The van der Waals surface area contributed by atoms with Crippen LogP contribution in [0.2, 0.25) is 0 Å². The van der Waals surface area contributed by atoms with Gasteiger partial charge >= 0.3 is 0 Å². The van der Waals surface area contributed by atoms with Crippen LogP contribution in [-0.2, 0) is 4.79 Å². The number of ketones is 2. The highest BCUT2D eigenvalue weighted by molar-refractivity contribution is 5.96. The summed E-state index contributed by atoms with van der Waals surface area (Å²) in [6.07, 6.45) is 2.49. The summed E-state index contributed by atoms with van der Waals surface area (Å²) in [6, 6.07) is 9.26. The number of rotatable bonds is 7. The van der Waals surface area contributed by atoms with Gasteiger partial charge < -0.3 is 0 Å². The molecule has 1 rings (SSSR count). The van der Waals surface area contributed by atoms with E-state index in [2.05, 4.69) is 0 Å². The van der Waals surface area contributed by atoms with Crippen LogP contribution >= 0.6 is 0 Å². The van der Waals surface area contributed by atoms with Gasteiger partial charge in [-0.3, -0.25) is 9.59 Å². The van der Waals surface area contributed by atoms with E-state index in [0.29, 0.717) is 19.3 Å². The molecule has 0 heterocycles. The highest BCUT2D eigenvalue weighted by atomic mass is 16.1. The van der Waals surface area contributed by atoms with E-state index in [1.165, 1.54) is 0 Å². The molecule has 0 aliphatic rings. The Hall–Kier alpha value is -1.44. The minimum atomic E-state index is 0.127. The predicted octanol–water partition coefficient (Wildman–Crippen LogP) is 3.65. The average Bonchev–Trinajstić information content (AvgIpc) is 2.30. The van der Waals surface area contributed by atoms with E-state index in [1.807, 2.05) is 44.2 Å². The van der Waals surface area contributed by atoms with Gasteiger partial charge in [0.1, 0.15) is 5.78 Å². The highest BCUT2D eigenvalue weighted by Crippen LogP contribution is 2.14. The Labute approximate surface area is 103 Å². The summed E-state index contributed by atoms with van der Waals surface area (Å²) in [5, 5.41) is 0. The van der Waals surface area contributed by atoms with Crippen LogP contribution in [0.1, 0.15) is 49.9 Å². The lowest BCUT2D eigenvalue weighted by Gasteiger charge is -2.09. The average molecular weight is 232 g/mol. The molecular formula is C15H20O2. The molecule has 0 fully saturated rings. The molecule has 1 aromatic rings. The lowest BCUT2D eigenvalue weighted by atomic mass is 9.94. The molecule has 0 spiro atoms. The largest absolute Gasteiger partial charge is 0.300 e. The van der Waals surface area contributed by atoms with Crippen molar-refractivity contribution in [3.05, 3.63) is 35.9 Å². The molecule has 0 saturated carbocycles. The van der Waals surface area contributed by atoms with Crippen LogP contribution in [0.25, 0.3) is 0 Å². The lowest BCUT2D eigenvalue weighted by Crippen LogP contribution is -2.10. The summed E-state index contributed by atoms with van der Waals surface area (Å²) in [5.74, 6) is 0.532. The van der Waals surface area contributed by atoms with Crippen LogP contribution in [0.3, 0.4) is 0 Å². The Morgan fingerprint density at radius 2 is 1.76 bits per heavy atom. The van der Waals surface area contributed by atoms with Gasteiger partial charge in [-0.25, -0.2) is 0 Å².